The Hall–Kier alpha value is -2.42. The summed E-state index contributed by atoms with van der Waals surface area (Å²) in [6.07, 6.45) is 0. The minimum atomic E-state index is -1.34. The molecule has 0 amide bonds. The zero-order valence-electron chi connectivity index (χ0n) is 10.8. The number of hydrogen-bond donors (Lipinski definition) is 0. The first-order valence-electron chi connectivity index (χ1n) is 5.92. The number of benzene rings is 2. The molecule has 0 aliphatic carbocycles. The van der Waals surface area contributed by atoms with Crippen molar-refractivity contribution < 1.29 is 14.7 Å². The van der Waals surface area contributed by atoms with E-state index >= 15 is 0 Å². The molecule has 19 heavy (non-hydrogen) atoms. The SMILES string of the molecule is Cc1cc(C)cc(C(=O)c2ccccc2C(=O)[O-])c1. The Bertz CT molecular complexity index is 637. The molecule has 0 aromatic heterocycles. The van der Waals surface area contributed by atoms with Crippen LogP contribution in [0.25, 0.3) is 0 Å². The van der Waals surface area contributed by atoms with Gasteiger partial charge in [-0.15, -0.1) is 0 Å². The van der Waals surface area contributed by atoms with E-state index in [0.29, 0.717) is 5.56 Å². The molecule has 0 spiro atoms. The molecule has 0 heterocycles. The molecule has 0 bridgehead atoms. The van der Waals surface area contributed by atoms with Crippen molar-refractivity contribution >= 4 is 11.8 Å². The van der Waals surface area contributed by atoms with E-state index in [1.165, 1.54) is 12.1 Å². The van der Waals surface area contributed by atoms with Crippen molar-refractivity contribution in [3.63, 3.8) is 0 Å². The molecule has 0 saturated heterocycles. The standard InChI is InChI=1S/C16H14O3/c1-10-7-11(2)9-12(8-10)15(17)13-5-3-4-6-14(13)16(18)19/h3-9H,1-2H3,(H,18,19)/p-1. The number of carbonyl (C=O) groups is 2. The minimum Gasteiger partial charge on any atom is -0.545 e. The van der Waals surface area contributed by atoms with Crippen LogP contribution >= 0.6 is 0 Å². The molecule has 3 nitrogen and oxygen atoms in total. The van der Waals surface area contributed by atoms with E-state index < -0.39 is 5.97 Å². The van der Waals surface area contributed by atoms with Gasteiger partial charge in [0.2, 0.25) is 0 Å². The van der Waals surface area contributed by atoms with Gasteiger partial charge >= 0.3 is 0 Å². The van der Waals surface area contributed by atoms with Gasteiger partial charge in [-0.1, -0.05) is 41.5 Å². The first-order chi connectivity index (χ1) is 8.99. The molecule has 0 saturated carbocycles. The van der Waals surface area contributed by atoms with E-state index in [4.69, 9.17) is 0 Å². The molecule has 0 atom stereocenters. The highest BCUT2D eigenvalue weighted by molar-refractivity contribution is 6.14. The number of aromatic carboxylic acids is 1. The summed E-state index contributed by atoms with van der Waals surface area (Å²) in [5.74, 6) is -1.64. The van der Waals surface area contributed by atoms with Crippen molar-refractivity contribution in [1.82, 2.24) is 0 Å². The first-order valence-corrected chi connectivity index (χ1v) is 5.92. The molecule has 0 aliphatic rings. The summed E-state index contributed by atoms with van der Waals surface area (Å²) in [5.41, 5.74) is 2.51. The monoisotopic (exact) mass is 253 g/mol. The number of carboxylic acids is 1. The molecule has 0 aliphatic heterocycles. The van der Waals surface area contributed by atoms with Crippen molar-refractivity contribution in [3.8, 4) is 0 Å². The molecule has 0 N–H and O–H groups in total. The van der Waals surface area contributed by atoms with Crippen LogP contribution in [0.5, 0.6) is 0 Å². The molecule has 0 fully saturated rings. The van der Waals surface area contributed by atoms with Crippen molar-refractivity contribution in [2.75, 3.05) is 0 Å². The third kappa shape index (κ3) is 2.71. The Labute approximate surface area is 111 Å². The first kappa shape index (κ1) is 13.0. The number of hydrogen-bond acceptors (Lipinski definition) is 3. The van der Waals surface area contributed by atoms with E-state index in [2.05, 4.69) is 0 Å². The Morgan fingerprint density at radius 3 is 1.95 bits per heavy atom. The molecule has 0 unspecified atom stereocenters. The molecular weight excluding hydrogens is 240 g/mol. The van der Waals surface area contributed by atoms with Gasteiger partial charge in [-0.25, -0.2) is 0 Å². The summed E-state index contributed by atoms with van der Waals surface area (Å²) in [5, 5.41) is 11.0. The normalized spacial score (nSPS) is 10.2. The summed E-state index contributed by atoms with van der Waals surface area (Å²) in [4.78, 5) is 23.4. The summed E-state index contributed by atoms with van der Waals surface area (Å²) in [7, 11) is 0. The average molecular weight is 253 g/mol. The number of aryl methyl sites for hydroxylation is 2. The second kappa shape index (κ2) is 5.06. The molecule has 3 heteroatoms. The van der Waals surface area contributed by atoms with Crippen molar-refractivity contribution in [2.24, 2.45) is 0 Å². The van der Waals surface area contributed by atoms with E-state index in [1.807, 2.05) is 19.9 Å². The van der Waals surface area contributed by atoms with Crippen LogP contribution in [-0.2, 0) is 0 Å². The second-order valence-electron chi connectivity index (χ2n) is 4.54. The average Bonchev–Trinajstić information content (AvgIpc) is 2.36. The lowest BCUT2D eigenvalue weighted by Crippen LogP contribution is -2.25. The molecule has 2 aromatic carbocycles. The summed E-state index contributed by atoms with van der Waals surface area (Å²) in [6, 6.07) is 11.6. The third-order valence-electron chi connectivity index (χ3n) is 2.88. The number of ketones is 1. The lowest BCUT2D eigenvalue weighted by Gasteiger charge is -2.10. The lowest BCUT2D eigenvalue weighted by atomic mass is 9.96. The number of carboxylic acid groups (broad SMARTS) is 1. The fourth-order valence-electron chi connectivity index (χ4n) is 2.12. The third-order valence-corrected chi connectivity index (χ3v) is 2.88. The zero-order valence-corrected chi connectivity index (χ0v) is 10.8. The summed E-state index contributed by atoms with van der Waals surface area (Å²) in [6.45, 7) is 3.79. The molecule has 96 valence electrons. The maximum absolute atomic E-state index is 12.4. The van der Waals surface area contributed by atoms with Gasteiger partial charge in [0, 0.05) is 16.7 Å². The van der Waals surface area contributed by atoms with Crippen molar-refractivity contribution in [2.45, 2.75) is 13.8 Å². The van der Waals surface area contributed by atoms with E-state index in [-0.39, 0.29) is 16.9 Å². The van der Waals surface area contributed by atoms with Gasteiger partial charge in [-0.05, 0) is 26.0 Å². The largest absolute Gasteiger partial charge is 0.545 e. The van der Waals surface area contributed by atoms with E-state index in [9.17, 15) is 14.7 Å². The fraction of sp³-hybridized carbons (Fsp3) is 0.125. The lowest BCUT2D eigenvalue weighted by molar-refractivity contribution is -0.255. The van der Waals surface area contributed by atoms with Gasteiger partial charge in [-0.3, -0.25) is 4.79 Å². The number of rotatable bonds is 3. The Kier molecular flexibility index (Phi) is 3.47. The topological polar surface area (TPSA) is 57.2 Å². The van der Waals surface area contributed by atoms with Crippen LogP contribution in [0.3, 0.4) is 0 Å². The Morgan fingerprint density at radius 1 is 0.895 bits per heavy atom. The van der Waals surface area contributed by atoms with Crippen LogP contribution in [0.4, 0.5) is 0 Å². The molecule has 0 radical (unpaired) electrons. The predicted molar refractivity (Wildman–Crippen MR) is 70.1 cm³/mol. The molecular formula is C16H13O3-. The second-order valence-corrected chi connectivity index (χ2v) is 4.54. The highest BCUT2D eigenvalue weighted by Gasteiger charge is 2.14. The highest BCUT2D eigenvalue weighted by atomic mass is 16.4. The van der Waals surface area contributed by atoms with Gasteiger partial charge in [-0.2, -0.15) is 0 Å². The van der Waals surface area contributed by atoms with Crippen LogP contribution in [0.2, 0.25) is 0 Å². The van der Waals surface area contributed by atoms with Crippen LogP contribution in [0.1, 0.15) is 37.4 Å². The maximum Gasteiger partial charge on any atom is 0.193 e. The Balaban J connectivity index is 2.53. The summed E-state index contributed by atoms with van der Waals surface area (Å²) >= 11 is 0. The van der Waals surface area contributed by atoms with Crippen molar-refractivity contribution in [1.29, 1.82) is 0 Å². The smallest absolute Gasteiger partial charge is 0.193 e. The molecule has 2 rings (SSSR count). The van der Waals surface area contributed by atoms with Crippen LogP contribution in [-0.4, -0.2) is 11.8 Å². The van der Waals surface area contributed by atoms with Gasteiger partial charge in [0.05, 0.1) is 5.97 Å². The highest BCUT2D eigenvalue weighted by Crippen LogP contribution is 2.17. The fourth-order valence-corrected chi connectivity index (χ4v) is 2.12. The van der Waals surface area contributed by atoms with Gasteiger partial charge in [0.15, 0.2) is 5.78 Å². The Morgan fingerprint density at radius 2 is 1.42 bits per heavy atom. The minimum absolute atomic E-state index is 0.0772. The van der Waals surface area contributed by atoms with Gasteiger partial charge in [0.25, 0.3) is 0 Å². The zero-order chi connectivity index (χ0) is 14.0. The predicted octanol–water partition coefficient (Wildman–Crippen LogP) is 1.90. The van der Waals surface area contributed by atoms with Crippen molar-refractivity contribution in [3.05, 3.63) is 70.3 Å². The molecule has 2 aromatic rings. The summed E-state index contributed by atoms with van der Waals surface area (Å²) < 4.78 is 0. The van der Waals surface area contributed by atoms with Crippen LogP contribution in [0.15, 0.2) is 42.5 Å². The van der Waals surface area contributed by atoms with Gasteiger partial charge < -0.3 is 9.90 Å². The van der Waals surface area contributed by atoms with Crippen LogP contribution in [0, 0.1) is 13.8 Å². The van der Waals surface area contributed by atoms with E-state index in [0.717, 1.165) is 11.1 Å². The quantitative estimate of drug-likeness (QED) is 0.785. The van der Waals surface area contributed by atoms with Gasteiger partial charge in [0.1, 0.15) is 0 Å². The van der Waals surface area contributed by atoms with E-state index in [1.54, 1.807) is 24.3 Å². The maximum atomic E-state index is 12.4. The number of carbonyl (C=O) groups excluding carboxylic acids is 2. The van der Waals surface area contributed by atoms with Crippen LogP contribution < -0.4 is 5.11 Å².